The summed E-state index contributed by atoms with van der Waals surface area (Å²) >= 11 is 12.7. The molecule has 12 nitrogen and oxygen atoms in total. The molecule has 4 heterocycles. The summed E-state index contributed by atoms with van der Waals surface area (Å²) in [4.78, 5) is 16.5. The molecule has 8 aromatic rings. The van der Waals surface area contributed by atoms with Crippen molar-refractivity contribution < 1.29 is 9.47 Å². The normalized spacial score (nSPS) is 10.5. The number of rotatable bonds is 10. The first-order valence-electron chi connectivity index (χ1n) is 17.1. The maximum absolute atomic E-state index is 5.81. The average molecular weight is 922 g/mol. The van der Waals surface area contributed by atoms with Crippen LogP contribution in [0.25, 0.3) is 44.3 Å². The first kappa shape index (κ1) is 42.0. The van der Waals surface area contributed by atoms with Gasteiger partial charge in [-0.15, -0.1) is 22.6 Å². The van der Waals surface area contributed by atoms with Crippen LogP contribution < -0.4 is 20.5 Å². The van der Waals surface area contributed by atoms with Crippen molar-refractivity contribution in [3.63, 3.8) is 0 Å². The van der Waals surface area contributed by atoms with Crippen LogP contribution in [0, 0.1) is 0 Å². The fourth-order valence-corrected chi connectivity index (χ4v) is 6.14. The van der Waals surface area contributed by atoms with E-state index in [-0.39, 0.29) is 12.4 Å². The third-order valence-electron chi connectivity index (χ3n) is 8.04. The SMILES string of the molecule is Cl.Clc1ncnc2ccccc12.Cn1nc(OCCN)cc1-c1ccc(Br)cc1.Cn1nc(OCCNc2ncnc3ccccc23)cc1-c1ccc(Br)cc1. The Morgan fingerprint density at radius 3 is 1.66 bits per heavy atom. The predicted molar refractivity (Wildman–Crippen MR) is 233 cm³/mol. The molecule has 0 aliphatic rings. The van der Waals surface area contributed by atoms with Crippen LogP contribution in [0.15, 0.2) is 131 Å². The van der Waals surface area contributed by atoms with Gasteiger partial charge in [0.1, 0.15) is 36.8 Å². The van der Waals surface area contributed by atoms with Gasteiger partial charge in [-0.05, 0) is 59.7 Å². The molecular formula is C40H38Br2Cl2N10O2. The van der Waals surface area contributed by atoms with Crippen molar-refractivity contribution in [2.75, 3.05) is 31.6 Å². The Morgan fingerprint density at radius 2 is 1.12 bits per heavy atom. The van der Waals surface area contributed by atoms with Crippen molar-refractivity contribution in [2.24, 2.45) is 19.8 Å². The lowest BCUT2D eigenvalue weighted by Crippen LogP contribution is -2.13. The van der Waals surface area contributed by atoms with Gasteiger partial charge in [-0.25, -0.2) is 19.9 Å². The van der Waals surface area contributed by atoms with E-state index in [4.69, 9.17) is 26.8 Å². The lowest BCUT2D eigenvalue weighted by atomic mass is 10.1. The molecule has 3 N–H and O–H groups in total. The minimum Gasteiger partial charge on any atom is -0.475 e. The molecule has 16 heteroatoms. The van der Waals surface area contributed by atoms with Crippen molar-refractivity contribution in [3.8, 4) is 34.3 Å². The van der Waals surface area contributed by atoms with Gasteiger partial charge >= 0.3 is 0 Å². The number of fused-ring (bicyclic) bond motifs is 2. The molecule has 0 radical (unpaired) electrons. The van der Waals surface area contributed by atoms with Gasteiger partial charge in [-0.2, -0.15) is 0 Å². The number of anilines is 1. The quantitative estimate of drug-likeness (QED) is 0.101. The van der Waals surface area contributed by atoms with Gasteiger partial charge < -0.3 is 20.5 Å². The van der Waals surface area contributed by atoms with E-state index in [1.807, 2.05) is 128 Å². The summed E-state index contributed by atoms with van der Waals surface area (Å²) in [6, 6.07) is 35.6. The molecule has 56 heavy (non-hydrogen) atoms. The van der Waals surface area contributed by atoms with Gasteiger partial charge in [0.05, 0.1) is 29.0 Å². The maximum Gasteiger partial charge on any atom is 0.233 e. The zero-order valence-electron chi connectivity index (χ0n) is 30.4. The molecule has 288 valence electrons. The van der Waals surface area contributed by atoms with Crippen LogP contribution in [0.4, 0.5) is 5.82 Å². The molecule has 0 bridgehead atoms. The van der Waals surface area contributed by atoms with E-state index >= 15 is 0 Å². The third kappa shape index (κ3) is 11.2. The van der Waals surface area contributed by atoms with E-state index in [1.165, 1.54) is 6.33 Å². The van der Waals surface area contributed by atoms with Gasteiger partial charge in [0, 0.05) is 52.5 Å². The van der Waals surface area contributed by atoms with Crippen LogP contribution in [0.2, 0.25) is 5.15 Å². The number of hydrogen-bond acceptors (Lipinski definition) is 10. The summed E-state index contributed by atoms with van der Waals surface area (Å²) < 4.78 is 16.9. The fourth-order valence-electron chi connectivity index (χ4n) is 5.41. The number of aromatic nitrogens is 8. The van der Waals surface area contributed by atoms with Crippen molar-refractivity contribution in [1.29, 1.82) is 0 Å². The predicted octanol–water partition coefficient (Wildman–Crippen LogP) is 9.18. The molecule has 0 unspecified atom stereocenters. The Bertz CT molecular complexity index is 2450. The highest BCUT2D eigenvalue weighted by Gasteiger charge is 2.10. The second-order valence-electron chi connectivity index (χ2n) is 11.8. The average Bonchev–Trinajstić information content (AvgIpc) is 3.78. The zero-order chi connectivity index (χ0) is 38.6. The molecule has 8 rings (SSSR count). The second-order valence-corrected chi connectivity index (χ2v) is 14.0. The molecule has 0 aliphatic carbocycles. The van der Waals surface area contributed by atoms with Gasteiger partial charge in [-0.1, -0.05) is 92.0 Å². The molecule has 0 aliphatic heterocycles. The molecule has 0 amide bonds. The van der Waals surface area contributed by atoms with E-state index in [2.05, 4.69) is 67.3 Å². The molecule has 0 saturated heterocycles. The Kier molecular flexibility index (Phi) is 15.5. The highest BCUT2D eigenvalue weighted by atomic mass is 79.9. The van der Waals surface area contributed by atoms with E-state index in [9.17, 15) is 0 Å². The van der Waals surface area contributed by atoms with Gasteiger partial charge in [0.25, 0.3) is 0 Å². The largest absolute Gasteiger partial charge is 0.475 e. The number of hydrogen-bond donors (Lipinski definition) is 2. The van der Waals surface area contributed by atoms with Crippen molar-refractivity contribution in [2.45, 2.75) is 0 Å². The van der Waals surface area contributed by atoms with E-state index in [0.717, 1.165) is 59.1 Å². The number of nitrogens with one attached hydrogen (secondary N) is 1. The molecular weight excluding hydrogens is 883 g/mol. The van der Waals surface area contributed by atoms with E-state index in [0.29, 0.717) is 43.2 Å². The van der Waals surface area contributed by atoms with Crippen LogP contribution >= 0.6 is 55.9 Å². The molecule has 0 spiro atoms. The first-order chi connectivity index (χ1) is 26.8. The number of para-hydroxylation sites is 2. The Balaban J connectivity index is 0.000000176. The highest BCUT2D eigenvalue weighted by Crippen LogP contribution is 2.26. The minimum atomic E-state index is 0. The Morgan fingerprint density at radius 1 is 0.643 bits per heavy atom. The zero-order valence-corrected chi connectivity index (χ0v) is 35.1. The summed E-state index contributed by atoms with van der Waals surface area (Å²) in [6.07, 6.45) is 3.03. The number of aryl methyl sites for hydroxylation is 2. The summed E-state index contributed by atoms with van der Waals surface area (Å²) in [7, 11) is 3.81. The van der Waals surface area contributed by atoms with Crippen LogP contribution in [0.1, 0.15) is 0 Å². The Hall–Kier alpha value is -5.12. The van der Waals surface area contributed by atoms with Crippen molar-refractivity contribution >= 4 is 83.5 Å². The number of benzene rings is 4. The number of halogens is 4. The van der Waals surface area contributed by atoms with E-state index in [1.54, 1.807) is 11.0 Å². The molecule has 4 aromatic carbocycles. The Labute approximate surface area is 352 Å². The number of ether oxygens (including phenoxy) is 2. The summed E-state index contributed by atoms with van der Waals surface area (Å²) in [5, 5.41) is 14.4. The van der Waals surface area contributed by atoms with E-state index < -0.39 is 0 Å². The second kappa shape index (κ2) is 20.7. The number of nitrogens with zero attached hydrogens (tertiary/aromatic N) is 8. The summed E-state index contributed by atoms with van der Waals surface area (Å²) in [5.74, 6) is 2.02. The van der Waals surface area contributed by atoms with Crippen LogP contribution in [0.5, 0.6) is 11.8 Å². The van der Waals surface area contributed by atoms with Gasteiger partial charge in [0.15, 0.2) is 0 Å². The first-order valence-corrected chi connectivity index (χ1v) is 19.1. The molecule has 0 atom stereocenters. The van der Waals surface area contributed by atoms with Crippen molar-refractivity contribution in [3.05, 3.63) is 136 Å². The van der Waals surface area contributed by atoms with Gasteiger partial charge in [0.2, 0.25) is 11.8 Å². The maximum atomic E-state index is 5.81. The standard InChI is InChI=1S/C20H18BrN5O.C12H14BrN3O.C8H5ClN2.ClH/c1-26-18(14-6-8-15(21)9-7-14)12-19(25-26)27-11-10-22-20-16-4-2-3-5-17(16)23-13-24-20;1-16-11(8-12(15-16)17-7-6-14)9-2-4-10(13)5-3-9;9-8-6-3-1-2-4-7(6)10-5-11-8;/h2-9,12-13H,10-11H2,1H3,(H,22,23,24);2-5,8H,6-7,14H2,1H3;1-5H;1H. The lowest BCUT2D eigenvalue weighted by Gasteiger charge is -2.08. The topological polar surface area (TPSA) is 144 Å². The third-order valence-corrected chi connectivity index (χ3v) is 9.40. The summed E-state index contributed by atoms with van der Waals surface area (Å²) in [6.45, 7) is 2.07. The fraction of sp³-hybridized carbons (Fsp3) is 0.150. The van der Waals surface area contributed by atoms with Crippen LogP contribution in [-0.2, 0) is 14.1 Å². The molecule has 0 saturated carbocycles. The lowest BCUT2D eigenvalue weighted by molar-refractivity contribution is 0.312. The molecule has 0 fully saturated rings. The van der Waals surface area contributed by atoms with Crippen LogP contribution in [0.3, 0.4) is 0 Å². The molecule has 4 aromatic heterocycles. The smallest absolute Gasteiger partial charge is 0.233 e. The minimum absolute atomic E-state index is 0. The van der Waals surface area contributed by atoms with Crippen LogP contribution in [-0.4, -0.2) is 65.8 Å². The number of nitrogens with two attached hydrogens (primary N) is 1. The monoisotopic (exact) mass is 918 g/mol. The van der Waals surface area contributed by atoms with Crippen molar-refractivity contribution in [1.82, 2.24) is 39.5 Å². The summed E-state index contributed by atoms with van der Waals surface area (Å²) in [5.41, 5.74) is 11.4. The highest BCUT2D eigenvalue weighted by molar-refractivity contribution is 9.10. The van der Waals surface area contributed by atoms with Gasteiger partial charge in [-0.3, -0.25) is 9.36 Å².